The molecule has 34 heavy (non-hydrogen) atoms. The fourth-order valence-electron chi connectivity index (χ4n) is 4.80. The quantitative estimate of drug-likeness (QED) is 0.469. The van der Waals surface area contributed by atoms with E-state index in [1.165, 1.54) is 11.8 Å². The van der Waals surface area contributed by atoms with Gasteiger partial charge in [-0.05, 0) is 51.3 Å². The molecule has 0 N–H and O–H groups in total. The van der Waals surface area contributed by atoms with Crippen LogP contribution in [-0.4, -0.2) is 69.1 Å². The molecule has 3 aliphatic heterocycles. The number of fused-ring (bicyclic) bond motifs is 1. The summed E-state index contributed by atoms with van der Waals surface area (Å²) < 4.78 is 13.6. The van der Waals surface area contributed by atoms with Gasteiger partial charge in [0, 0.05) is 25.9 Å². The Labute approximate surface area is 207 Å². The number of pyridine rings is 1. The number of anilines is 1. The van der Waals surface area contributed by atoms with E-state index in [-0.39, 0.29) is 29.8 Å². The zero-order valence-corrected chi connectivity index (χ0v) is 21.2. The first-order chi connectivity index (χ1) is 16.3. The van der Waals surface area contributed by atoms with Gasteiger partial charge in [-0.1, -0.05) is 30.0 Å². The number of aromatic nitrogens is 2. The Hall–Kier alpha value is -2.27. The molecule has 2 aromatic heterocycles. The van der Waals surface area contributed by atoms with Crippen molar-refractivity contribution in [3.05, 3.63) is 44.7 Å². The highest BCUT2D eigenvalue weighted by molar-refractivity contribution is 8.26. The van der Waals surface area contributed by atoms with Crippen LogP contribution in [0.2, 0.25) is 0 Å². The summed E-state index contributed by atoms with van der Waals surface area (Å²) in [5.41, 5.74) is 1.70. The first-order valence-corrected chi connectivity index (χ1v) is 12.8. The van der Waals surface area contributed by atoms with Crippen LogP contribution in [0.3, 0.4) is 0 Å². The molecule has 3 fully saturated rings. The molecule has 3 saturated heterocycles. The average Bonchev–Trinajstić information content (AvgIpc) is 3.39. The van der Waals surface area contributed by atoms with Crippen molar-refractivity contribution in [2.75, 3.05) is 31.1 Å². The molecule has 2 aromatic rings. The maximum Gasteiger partial charge on any atom is 0.267 e. The predicted octanol–water partition coefficient (Wildman–Crippen LogP) is 3.00. The number of carbonyl (C=O) groups excluding carboxylic acids is 1. The first kappa shape index (κ1) is 23.5. The van der Waals surface area contributed by atoms with Gasteiger partial charge >= 0.3 is 0 Å². The third-order valence-corrected chi connectivity index (χ3v) is 7.72. The van der Waals surface area contributed by atoms with Crippen molar-refractivity contribution < 1.29 is 14.3 Å². The highest BCUT2D eigenvalue weighted by Crippen LogP contribution is 2.35. The Kier molecular flexibility index (Phi) is 6.49. The molecule has 1 amide bonds. The van der Waals surface area contributed by atoms with E-state index in [1.807, 2.05) is 32.9 Å². The lowest BCUT2D eigenvalue weighted by Crippen LogP contribution is -2.46. The third-order valence-electron chi connectivity index (χ3n) is 6.34. The Morgan fingerprint density at radius 3 is 2.74 bits per heavy atom. The molecule has 0 aromatic carbocycles. The molecule has 180 valence electrons. The molecule has 0 saturated carbocycles. The summed E-state index contributed by atoms with van der Waals surface area (Å²) in [4.78, 5) is 36.0. The van der Waals surface area contributed by atoms with Gasteiger partial charge in [0.05, 0.1) is 35.3 Å². The van der Waals surface area contributed by atoms with Gasteiger partial charge in [-0.3, -0.25) is 18.9 Å². The summed E-state index contributed by atoms with van der Waals surface area (Å²) in [6.45, 7) is 8.34. The molecule has 3 aliphatic rings. The molecule has 5 rings (SSSR count). The number of rotatable bonds is 4. The number of thioether (sulfide) groups is 1. The van der Waals surface area contributed by atoms with Gasteiger partial charge in [-0.25, -0.2) is 4.98 Å². The van der Waals surface area contributed by atoms with E-state index in [9.17, 15) is 9.59 Å². The summed E-state index contributed by atoms with van der Waals surface area (Å²) in [6.07, 6.45) is 5.29. The molecule has 10 heteroatoms. The number of nitrogens with zero attached hydrogens (tertiary/aromatic N) is 4. The fourth-order valence-corrected chi connectivity index (χ4v) is 6.06. The Morgan fingerprint density at radius 1 is 1.26 bits per heavy atom. The van der Waals surface area contributed by atoms with Crippen LogP contribution in [0.5, 0.6) is 0 Å². The molecule has 0 aliphatic carbocycles. The maximum absolute atomic E-state index is 13.7. The summed E-state index contributed by atoms with van der Waals surface area (Å²) in [6, 6.07) is 3.76. The monoisotopic (exact) mass is 500 g/mol. The Bertz CT molecular complexity index is 1230. The minimum absolute atomic E-state index is 0.00153. The van der Waals surface area contributed by atoms with Crippen LogP contribution in [-0.2, 0) is 14.3 Å². The van der Waals surface area contributed by atoms with Crippen molar-refractivity contribution >= 4 is 51.7 Å². The predicted molar refractivity (Wildman–Crippen MR) is 137 cm³/mol. The van der Waals surface area contributed by atoms with Crippen molar-refractivity contribution in [1.82, 2.24) is 14.3 Å². The minimum Gasteiger partial charge on any atom is -0.376 e. The molecule has 0 radical (unpaired) electrons. The molecule has 0 unspecified atom stereocenters. The topological polar surface area (TPSA) is 76.4 Å². The lowest BCUT2D eigenvalue weighted by atomic mass is 10.1. The largest absolute Gasteiger partial charge is 0.376 e. The van der Waals surface area contributed by atoms with E-state index >= 15 is 0 Å². The normalized spacial score (nSPS) is 26.9. The lowest BCUT2D eigenvalue weighted by Gasteiger charge is -2.36. The fraction of sp³-hybridized carbons (Fsp3) is 0.500. The second-order valence-electron chi connectivity index (χ2n) is 9.13. The molecular formula is C24H28N4O4S2. The van der Waals surface area contributed by atoms with Gasteiger partial charge in [-0.2, -0.15) is 0 Å². The Morgan fingerprint density at radius 2 is 2.03 bits per heavy atom. The van der Waals surface area contributed by atoms with Crippen molar-refractivity contribution in [3.63, 3.8) is 0 Å². The van der Waals surface area contributed by atoms with Gasteiger partial charge in [0.15, 0.2) is 0 Å². The van der Waals surface area contributed by atoms with Gasteiger partial charge in [0.2, 0.25) is 0 Å². The molecule has 0 spiro atoms. The number of morpholine rings is 1. The van der Waals surface area contributed by atoms with E-state index in [0.29, 0.717) is 52.5 Å². The standard InChI is InChI=1S/C24H28N4O4S2/c1-14-6-4-8-27-20(14)25-21(26-11-15(2)32-16(3)12-26)18(22(27)29)10-19-23(30)28(24(33)34-19)13-17-7-5-9-31-17/h4,6,8,10,15-17H,5,7,9,11-13H2,1-3H3/b19-10+/t15-,16-,17+/m1/s1. The highest BCUT2D eigenvalue weighted by atomic mass is 32.2. The van der Waals surface area contributed by atoms with Crippen LogP contribution in [0.1, 0.15) is 37.8 Å². The van der Waals surface area contributed by atoms with Crippen LogP contribution in [0.15, 0.2) is 28.0 Å². The summed E-state index contributed by atoms with van der Waals surface area (Å²) in [7, 11) is 0. The second kappa shape index (κ2) is 9.41. The average molecular weight is 501 g/mol. The van der Waals surface area contributed by atoms with E-state index < -0.39 is 0 Å². The number of ether oxygens (including phenoxy) is 2. The van der Waals surface area contributed by atoms with Gasteiger partial charge in [-0.15, -0.1) is 0 Å². The highest BCUT2D eigenvalue weighted by Gasteiger charge is 2.35. The van der Waals surface area contributed by atoms with Crippen molar-refractivity contribution in [3.8, 4) is 0 Å². The zero-order valence-electron chi connectivity index (χ0n) is 19.5. The number of aryl methyl sites for hydroxylation is 1. The second-order valence-corrected chi connectivity index (χ2v) is 10.8. The first-order valence-electron chi connectivity index (χ1n) is 11.6. The van der Waals surface area contributed by atoms with Gasteiger partial charge < -0.3 is 14.4 Å². The van der Waals surface area contributed by atoms with Crippen LogP contribution in [0.4, 0.5) is 5.82 Å². The number of amides is 1. The van der Waals surface area contributed by atoms with Crippen LogP contribution in [0, 0.1) is 6.92 Å². The molecule has 8 nitrogen and oxygen atoms in total. The van der Waals surface area contributed by atoms with E-state index in [2.05, 4.69) is 4.90 Å². The molecule has 3 atom stereocenters. The molecular weight excluding hydrogens is 472 g/mol. The number of hydrogen-bond donors (Lipinski definition) is 0. The Balaban J connectivity index is 1.59. The van der Waals surface area contributed by atoms with Gasteiger partial charge in [0.25, 0.3) is 11.5 Å². The van der Waals surface area contributed by atoms with Crippen LogP contribution in [0.25, 0.3) is 11.7 Å². The molecule has 0 bridgehead atoms. The van der Waals surface area contributed by atoms with Crippen LogP contribution >= 0.6 is 24.0 Å². The minimum atomic E-state index is -0.208. The maximum atomic E-state index is 13.7. The molecule has 5 heterocycles. The van der Waals surface area contributed by atoms with E-state index in [1.54, 1.807) is 21.6 Å². The van der Waals surface area contributed by atoms with E-state index in [4.69, 9.17) is 26.7 Å². The van der Waals surface area contributed by atoms with E-state index in [0.717, 1.165) is 18.4 Å². The number of thiocarbonyl (C=S) groups is 1. The number of hydrogen-bond acceptors (Lipinski definition) is 8. The van der Waals surface area contributed by atoms with Gasteiger partial charge in [0.1, 0.15) is 15.8 Å². The zero-order chi connectivity index (χ0) is 24.0. The van der Waals surface area contributed by atoms with Crippen molar-refractivity contribution in [1.29, 1.82) is 0 Å². The smallest absolute Gasteiger partial charge is 0.267 e. The van der Waals surface area contributed by atoms with Crippen molar-refractivity contribution in [2.24, 2.45) is 0 Å². The lowest BCUT2D eigenvalue weighted by molar-refractivity contribution is -0.123. The summed E-state index contributed by atoms with van der Waals surface area (Å²) in [5, 5.41) is 0. The SMILES string of the molecule is Cc1cccn2c(=O)c(/C=C3/SC(=S)N(C[C@@H]4CCCO4)C3=O)c(N3C[C@@H](C)O[C@H](C)C3)nc12. The summed E-state index contributed by atoms with van der Waals surface area (Å²) >= 11 is 6.73. The van der Waals surface area contributed by atoms with Crippen LogP contribution < -0.4 is 10.5 Å². The summed E-state index contributed by atoms with van der Waals surface area (Å²) in [5.74, 6) is 0.389. The van der Waals surface area contributed by atoms with Crippen molar-refractivity contribution in [2.45, 2.75) is 51.9 Å². The number of carbonyl (C=O) groups is 1. The third kappa shape index (κ3) is 4.39.